The fraction of sp³-hybridized carbons (Fsp3) is 0.625. The molecule has 0 saturated carbocycles. The van der Waals surface area contributed by atoms with Gasteiger partial charge in [0, 0.05) is 18.7 Å². The van der Waals surface area contributed by atoms with E-state index in [0.29, 0.717) is 37.0 Å². The van der Waals surface area contributed by atoms with Crippen molar-refractivity contribution >= 4 is 10.0 Å². The quantitative estimate of drug-likeness (QED) is 0.913. The topological polar surface area (TPSA) is 55.4 Å². The number of halogens is 2. The van der Waals surface area contributed by atoms with E-state index >= 15 is 0 Å². The van der Waals surface area contributed by atoms with Crippen molar-refractivity contribution in [1.29, 1.82) is 0 Å². The third-order valence-corrected chi connectivity index (χ3v) is 5.95. The molecule has 1 aliphatic heterocycles. The van der Waals surface area contributed by atoms with E-state index in [9.17, 15) is 17.2 Å². The van der Waals surface area contributed by atoms with Crippen LogP contribution in [0.15, 0.2) is 12.1 Å². The van der Waals surface area contributed by atoms with Gasteiger partial charge < -0.3 is 4.74 Å². The standard InChI is InChI=1S/C16H21F2NO3S/c17-11-8-14-13(15(18)9-11)5-3-6-16(14)19-23(20,21)10-12-4-1-2-7-22-12/h8-9,12,16,19H,1-7,10H2/t12?,16-/m0/s1. The van der Waals surface area contributed by atoms with Crippen LogP contribution in [0.3, 0.4) is 0 Å². The molecular weight excluding hydrogens is 324 g/mol. The van der Waals surface area contributed by atoms with Gasteiger partial charge in [-0.25, -0.2) is 21.9 Å². The Bertz CT molecular complexity index is 672. The van der Waals surface area contributed by atoms with Crippen molar-refractivity contribution < 1.29 is 21.9 Å². The van der Waals surface area contributed by atoms with E-state index in [-0.39, 0.29) is 11.9 Å². The third kappa shape index (κ3) is 4.08. The molecule has 23 heavy (non-hydrogen) atoms. The average Bonchev–Trinajstić information content (AvgIpc) is 2.48. The highest BCUT2D eigenvalue weighted by atomic mass is 32.2. The lowest BCUT2D eigenvalue weighted by Gasteiger charge is -2.28. The van der Waals surface area contributed by atoms with Crippen LogP contribution in [0.5, 0.6) is 0 Å². The molecule has 128 valence electrons. The van der Waals surface area contributed by atoms with Crippen LogP contribution in [0.1, 0.15) is 49.3 Å². The number of nitrogens with one attached hydrogen (secondary N) is 1. The van der Waals surface area contributed by atoms with Crippen molar-refractivity contribution in [3.8, 4) is 0 Å². The van der Waals surface area contributed by atoms with E-state index < -0.39 is 27.7 Å². The number of fused-ring (bicyclic) bond motifs is 1. The number of sulfonamides is 1. The summed E-state index contributed by atoms with van der Waals surface area (Å²) in [5.41, 5.74) is 0.834. The first-order valence-electron chi connectivity index (χ1n) is 8.04. The first-order valence-corrected chi connectivity index (χ1v) is 9.69. The highest BCUT2D eigenvalue weighted by Gasteiger charge is 2.29. The van der Waals surface area contributed by atoms with Crippen molar-refractivity contribution in [2.24, 2.45) is 0 Å². The van der Waals surface area contributed by atoms with Crippen molar-refractivity contribution in [1.82, 2.24) is 4.72 Å². The first-order chi connectivity index (χ1) is 10.9. The van der Waals surface area contributed by atoms with Crippen LogP contribution < -0.4 is 4.72 Å². The van der Waals surface area contributed by atoms with Crippen LogP contribution in [0.25, 0.3) is 0 Å². The van der Waals surface area contributed by atoms with Gasteiger partial charge in [-0.2, -0.15) is 0 Å². The van der Waals surface area contributed by atoms with Crippen LogP contribution in [0.4, 0.5) is 8.78 Å². The molecule has 0 spiro atoms. The Morgan fingerprint density at radius 1 is 1.17 bits per heavy atom. The minimum atomic E-state index is -3.57. The smallest absolute Gasteiger partial charge is 0.214 e. The summed E-state index contributed by atoms with van der Waals surface area (Å²) in [5.74, 6) is -1.38. The van der Waals surface area contributed by atoms with Gasteiger partial charge in [0.15, 0.2) is 0 Å². The van der Waals surface area contributed by atoms with Gasteiger partial charge in [-0.05, 0) is 55.7 Å². The fourth-order valence-corrected chi connectivity index (χ4v) is 4.93. The third-order valence-electron chi connectivity index (χ3n) is 4.49. The Morgan fingerprint density at radius 3 is 2.74 bits per heavy atom. The molecule has 2 atom stereocenters. The Morgan fingerprint density at radius 2 is 2.00 bits per heavy atom. The van der Waals surface area contributed by atoms with Crippen molar-refractivity contribution in [3.63, 3.8) is 0 Å². The Hall–Kier alpha value is -1.05. The fourth-order valence-electron chi connectivity index (χ4n) is 3.41. The zero-order chi connectivity index (χ0) is 16.4. The molecule has 1 heterocycles. The zero-order valence-corrected chi connectivity index (χ0v) is 13.7. The molecule has 1 aromatic carbocycles. The Kier molecular flexibility index (Phi) is 4.98. The molecule has 1 saturated heterocycles. The lowest BCUT2D eigenvalue weighted by Crippen LogP contribution is -2.38. The Labute approximate surface area is 135 Å². The Balaban J connectivity index is 1.76. The molecule has 3 rings (SSSR count). The van der Waals surface area contributed by atoms with Gasteiger partial charge in [0.25, 0.3) is 0 Å². The molecule has 0 aromatic heterocycles. The minimum Gasteiger partial charge on any atom is -0.377 e. The van der Waals surface area contributed by atoms with E-state index in [0.717, 1.165) is 25.3 Å². The number of benzene rings is 1. The van der Waals surface area contributed by atoms with Crippen LogP contribution in [-0.4, -0.2) is 26.9 Å². The molecule has 7 heteroatoms. The molecule has 1 aliphatic carbocycles. The summed E-state index contributed by atoms with van der Waals surface area (Å²) >= 11 is 0. The molecule has 1 aromatic rings. The van der Waals surface area contributed by atoms with Crippen LogP contribution in [-0.2, 0) is 21.2 Å². The second kappa shape index (κ2) is 6.83. The minimum absolute atomic E-state index is 0.101. The van der Waals surface area contributed by atoms with E-state index in [1.54, 1.807) is 0 Å². The van der Waals surface area contributed by atoms with Crippen molar-refractivity contribution in [3.05, 3.63) is 34.9 Å². The predicted octanol–water partition coefficient (Wildman–Crippen LogP) is 2.83. The van der Waals surface area contributed by atoms with Gasteiger partial charge in [-0.1, -0.05) is 0 Å². The molecular formula is C16H21F2NO3S. The molecule has 2 aliphatic rings. The first kappa shape index (κ1) is 16.8. The van der Waals surface area contributed by atoms with E-state index in [2.05, 4.69) is 4.72 Å². The van der Waals surface area contributed by atoms with Crippen LogP contribution in [0, 0.1) is 11.6 Å². The summed E-state index contributed by atoms with van der Waals surface area (Å²) in [6, 6.07) is 1.52. The second-order valence-corrected chi connectivity index (χ2v) is 8.09. The summed E-state index contributed by atoms with van der Waals surface area (Å²) in [6.07, 6.45) is 4.07. The monoisotopic (exact) mass is 345 g/mol. The van der Waals surface area contributed by atoms with Crippen LogP contribution >= 0.6 is 0 Å². The number of hydrogen-bond donors (Lipinski definition) is 1. The molecule has 4 nitrogen and oxygen atoms in total. The average molecular weight is 345 g/mol. The zero-order valence-electron chi connectivity index (χ0n) is 12.9. The van der Waals surface area contributed by atoms with Crippen molar-refractivity contribution in [2.75, 3.05) is 12.4 Å². The number of rotatable bonds is 4. The maximum absolute atomic E-state index is 13.9. The van der Waals surface area contributed by atoms with E-state index in [4.69, 9.17) is 4.74 Å². The summed E-state index contributed by atoms with van der Waals surface area (Å²) < 4.78 is 60.2. The largest absolute Gasteiger partial charge is 0.377 e. The van der Waals surface area contributed by atoms with Gasteiger partial charge in [0.2, 0.25) is 10.0 Å². The van der Waals surface area contributed by atoms with E-state index in [1.165, 1.54) is 6.07 Å². The lowest BCUT2D eigenvalue weighted by atomic mass is 9.88. The molecule has 0 amide bonds. The van der Waals surface area contributed by atoms with Gasteiger partial charge in [0.1, 0.15) is 11.6 Å². The lowest BCUT2D eigenvalue weighted by molar-refractivity contribution is 0.0303. The predicted molar refractivity (Wildman–Crippen MR) is 82.6 cm³/mol. The number of hydrogen-bond acceptors (Lipinski definition) is 3. The molecule has 1 fully saturated rings. The van der Waals surface area contributed by atoms with Gasteiger partial charge >= 0.3 is 0 Å². The summed E-state index contributed by atoms with van der Waals surface area (Å²) in [4.78, 5) is 0. The highest BCUT2D eigenvalue weighted by Crippen LogP contribution is 2.32. The van der Waals surface area contributed by atoms with Gasteiger partial charge in [-0.3, -0.25) is 0 Å². The maximum Gasteiger partial charge on any atom is 0.214 e. The highest BCUT2D eigenvalue weighted by molar-refractivity contribution is 7.89. The normalized spacial score (nSPS) is 25.1. The number of ether oxygens (including phenoxy) is 1. The van der Waals surface area contributed by atoms with Gasteiger partial charge in [-0.15, -0.1) is 0 Å². The second-order valence-electron chi connectivity index (χ2n) is 6.29. The summed E-state index contributed by atoms with van der Waals surface area (Å²) in [6.45, 7) is 0.586. The summed E-state index contributed by atoms with van der Waals surface area (Å²) in [5, 5.41) is 0. The molecule has 0 radical (unpaired) electrons. The molecule has 1 unspecified atom stereocenters. The van der Waals surface area contributed by atoms with Gasteiger partial charge in [0.05, 0.1) is 11.9 Å². The summed E-state index contributed by atoms with van der Waals surface area (Å²) in [7, 11) is -3.57. The van der Waals surface area contributed by atoms with E-state index in [1.807, 2.05) is 0 Å². The SMILES string of the molecule is O=S(=O)(CC1CCCCO1)N[C@H]1CCCc2c(F)cc(F)cc21. The van der Waals surface area contributed by atoms with Crippen molar-refractivity contribution in [2.45, 2.75) is 50.7 Å². The molecule has 0 bridgehead atoms. The maximum atomic E-state index is 13.9. The van der Waals surface area contributed by atoms with Crippen LogP contribution in [0.2, 0.25) is 0 Å². The molecule has 1 N–H and O–H groups in total.